The van der Waals surface area contributed by atoms with Gasteiger partial charge < -0.3 is 16.0 Å². The summed E-state index contributed by atoms with van der Waals surface area (Å²) in [7, 11) is 0. The van der Waals surface area contributed by atoms with Gasteiger partial charge in [-0.15, -0.1) is 11.3 Å². The van der Waals surface area contributed by atoms with Gasteiger partial charge in [0.05, 0.1) is 6.20 Å². The Labute approximate surface area is 184 Å². The van der Waals surface area contributed by atoms with Gasteiger partial charge in [-0.25, -0.2) is 4.68 Å². The molecule has 0 unspecified atom stereocenters. The molecule has 0 aromatic carbocycles. The quantitative estimate of drug-likeness (QED) is 0.478. The van der Waals surface area contributed by atoms with Crippen LogP contribution in [0.5, 0.6) is 0 Å². The van der Waals surface area contributed by atoms with Crippen LogP contribution in [0.2, 0.25) is 0 Å². The van der Waals surface area contributed by atoms with Crippen LogP contribution in [0.4, 0.5) is 11.9 Å². The topological polar surface area (TPSA) is 102 Å². The Hall–Kier alpha value is -2.98. The Morgan fingerprint density at radius 2 is 2.06 bits per heavy atom. The highest BCUT2D eigenvalue weighted by molar-refractivity contribution is 7.12. The first-order valence-corrected chi connectivity index (χ1v) is 11.5. The van der Waals surface area contributed by atoms with Crippen molar-refractivity contribution in [3.63, 3.8) is 0 Å². The lowest BCUT2D eigenvalue weighted by Crippen LogP contribution is -2.40. The van der Waals surface area contributed by atoms with Crippen LogP contribution in [0.1, 0.15) is 43.7 Å². The molecule has 9 nitrogen and oxygen atoms in total. The summed E-state index contributed by atoms with van der Waals surface area (Å²) in [5.41, 5.74) is 9.23. The van der Waals surface area contributed by atoms with E-state index < -0.39 is 0 Å². The molecule has 0 aliphatic carbocycles. The zero-order chi connectivity index (χ0) is 21.4. The van der Waals surface area contributed by atoms with Gasteiger partial charge in [0.1, 0.15) is 5.00 Å². The van der Waals surface area contributed by atoms with Crippen molar-refractivity contribution in [2.75, 3.05) is 23.3 Å². The number of rotatable bonds is 6. The van der Waals surface area contributed by atoms with E-state index in [9.17, 15) is 0 Å². The van der Waals surface area contributed by atoms with E-state index in [1.165, 1.54) is 0 Å². The molecule has 10 heteroatoms. The zero-order valence-electron chi connectivity index (χ0n) is 17.8. The first kappa shape index (κ1) is 20.0. The number of nitrogens with zero attached hydrogens (tertiary/aromatic N) is 7. The average molecular weight is 438 g/mol. The third-order valence-electron chi connectivity index (χ3n) is 5.70. The highest BCUT2D eigenvalue weighted by Gasteiger charge is 2.22. The molecule has 5 rings (SSSR count). The molecule has 162 valence electrons. The van der Waals surface area contributed by atoms with Crippen molar-refractivity contribution in [2.24, 2.45) is 5.73 Å². The smallest absolute Gasteiger partial charge is 0.230 e. The van der Waals surface area contributed by atoms with Gasteiger partial charge in [-0.1, -0.05) is 13.8 Å². The largest absolute Gasteiger partial charge is 0.350 e. The second-order valence-electron chi connectivity index (χ2n) is 8.22. The molecule has 1 fully saturated rings. The molecule has 1 saturated heterocycles. The van der Waals surface area contributed by atoms with E-state index in [0.29, 0.717) is 18.4 Å². The molecule has 4 aromatic heterocycles. The van der Waals surface area contributed by atoms with E-state index in [2.05, 4.69) is 45.7 Å². The molecule has 3 N–H and O–H groups in total. The predicted molar refractivity (Wildman–Crippen MR) is 123 cm³/mol. The number of hydrogen-bond donors (Lipinski definition) is 2. The number of nitrogens with two attached hydrogens (primary N) is 1. The summed E-state index contributed by atoms with van der Waals surface area (Å²) in [5, 5.41) is 15.6. The minimum Gasteiger partial charge on any atom is -0.350 e. The minimum atomic E-state index is 0.262. The van der Waals surface area contributed by atoms with E-state index in [1.54, 1.807) is 17.5 Å². The van der Waals surface area contributed by atoms with E-state index in [-0.39, 0.29) is 6.04 Å². The van der Waals surface area contributed by atoms with Gasteiger partial charge in [0.2, 0.25) is 11.9 Å². The van der Waals surface area contributed by atoms with Crippen molar-refractivity contribution >= 4 is 28.9 Å². The maximum absolute atomic E-state index is 6.10. The lowest BCUT2D eigenvalue weighted by Gasteiger charge is -2.30. The summed E-state index contributed by atoms with van der Waals surface area (Å²) in [6, 6.07) is 4.31. The molecule has 0 bridgehead atoms. The van der Waals surface area contributed by atoms with E-state index in [1.807, 2.05) is 27.7 Å². The van der Waals surface area contributed by atoms with Gasteiger partial charge in [-0.2, -0.15) is 24.7 Å². The van der Waals surface area contributed by atoms with Crippen LogP contribution < -0.4 is 16.0 Å². The van der Waals surface area contributed by atoms with Gasteiger partial charge >= 0.3 is 0 Å². The van der Waals surface area contributed by atoms with Crippen molar-refractivity contribution in [1.82, 2.24) is 29.4 Å². The second-order valence-corrected chi connectivity index (χ2v) is 9.11. The number of nitrogens with one attached hydrogen (secondary N) is 1. The number of thiophene rings is 1. The third-order valence-corrected chi connectivity index (χ3v) is 6.65. The van der Waals surface area contributed by atoms with Gasteiger partial charge in [-0.05, 0) is 36.3 Å². The first-order chi connectivity index (χ1) is 15.1. The van der Waals surface area contributed by atoms with Crippen LogP contribution in [0, 0.1) is 0 Å². The average Bonchev–Trinajstić information content (AvgIpc) is 3.52. The van der Waals surface area contributed by atoms with Crippen molar-refractivity contribution < 1.29 is 0 Å². The fraction of sp³-hybridized carbons (Fsp3) is 0.429. The number of hydrogen-bond acceptors (Lipinski definition) is 8. The Bertz CT molecular complexity index is 1150. The van der Waals surface area contributed by atoms with Gasteiger partial charge in [0.25, 0.3) is 0 Å². The lowest BCUT2D eigenvalue weighted by atomic mass is 10.1. The molecule has 0 saturated carbocycles. The second kappa shape index (κ2) is 8.27. The van der Waals surface area contributed by atoms with Crippen molar-refractivity contribution in [3.05, 3.63) is 47.2 Å². The van der Waals surface area contributed by atoms with Crippen molar-refractivity contribution in [1.29, 1.82) is 0 Å². The summed E-state index contributed by atoms with van der Waals surface area (Å²) < 4.78 is 3.71. The summed E-state index contributed by atoms with van der Waals surface area (Å²) >= 11 is 1.67. The highest BCUT2D eigenvalue weighted by atomic mass is 32.1. The molecule has 1 aliphatic rings. The van der Waals surface area contributed by atoms with E-state index in [4.69, 9.17) is 15.7 Å². The molecule has 31 heavy (non-hydrogen) atoms. The van der Waals surface area contributed by atoms with Gasteiger partial charge in [-0.3, -0.25) is 0 Å². The van der Waals surface area contributed by atoms with Crippen LogP contribution in [0.25, 0.3) is 10.6 Å². The number of anilines is 2. The standard InChI is InChI=1S/C21H27N9S/c1-14(2)17-13-25-30-18(17)26-21(28-9-4-16(22)5-10-28)27-20(30)23-12-15-6-11-31-19(15)29-8-3-7-24-29/h3,6-8,11,13-14,16H,4-5,9-10,12,22H2,1-2H3,(H,23,26,27). The molecular weight excluding hydrogens is 410 g/mol. The summed E-state index contributed by atoms with van der Waals surface area (Å²) in [4.78, 5) is 12.0. The van der Waals surface area contributed by atoms with E-state index in [0.717, 1.165) is 53.7 Å². The zero-order valence-corrected chi connectivity index (χ0v) is 18.6. The van der Waals surface area contributed by atoms with Crippen LogP contribution >= 0.6 is 11.3 Å². The first-order valence-electron chi connectivity index (χ1n) is 10.7. The van der Waals surface area contributed by atoms with Gasteiger partial charge in [0, 0.05) is 49.2 Å². The third kappa shape index (κ3) is 3.88. The van der Waals surface area contributed by atoms with Crippen molar-refractivity contribution in [3.8, 4) is 5.00 Å². The van der Waals surface area contributed by atoms with E-state index >= 15 is 0 Å². The normalized spacial score (nSPS) is 15.3. The number of aromatic nitrogens is 6. The molecule has 5 heterocycles. The Morgan fingerprint density at radius 3 is 2.81 bits per heavy atom. The number of piperidine rings is 1. The monoisotopic (exact) mass is 437 g/mol. The van der Waals surface area contributed by atoms with Crippen LogP contribution in [-0.4, -0.2) is 48.5 Å². The predicted octanol–water partition coefficient (Wildman–Crippen LogP) is 3.03. The number of fused-ring (bicyclic) bond motifs is 1. The SMILES string of the molecule is CC(C)c1cnn2c(NCc3ccsc3-n3cccn3)nc(N3CCC(N)CC3)nc12. The summed E-state index contributed by atoms with van der Waals surface area (Å²) in [5.74, 6) is 1.76. The molecule has 0 radical (unpaired) electrons. The maximum Gasteiger partial charge on any atom is 0.230 e. The fourth-order valence-corrected chi connectivity index (χ4v) is 4.74. The van der Waals surface area contributed by atoms with Crippen LogP contribution in [0.15, 0.2) is 36.1 Å². The van der Waals surface area contributed by atoms with Gasteiger partial charge in [0.15, 0.2) is 5.65 Å². The Balaban J connectivity index is 1.48. The molecule has 0 atom stereocenters. The lowest BCUT2D eigenvalue weighted by molar-refractivity contribution is 0.495. The maximum atomic E-state index is 6.10. The molecule has 0 spiro atoms. The van der Waals surface area contributed by atoms with Crippen LogP contribution in [0.3, 0.4) is 0 Å². The summed E-state index contributed by atoms with van der Waals surface area (Å²) in [6.45, 7) is 6.68. The molecule has 0 amide bonds. The molecule has 1 aliphatic heterocycles. The molecule has 4 aromatic rings. The summed E-state index contributed by atoms with van der Waals surface area (Å²) in [6.07, 6.45) is 7.56. The van der Waals surface area contributed by atoms with Crippen molar-refractivity contribution in [2.45, 2.75) is 45.2 Å². The fourth-order valence-electron chi connectivity index (χ4n) is 3.87. The van der Waals surface area contributed by atoms with Crippen LogP contribution in [-0.2, 0) is 6.54 Å². The molecular formula is C21H27N9S. The Morgan fingerprint density at radius 1 is 1.23 bits per heavy atom. The highest BCUT2D eigenvalue weighted by Crippen LogP contribution is 2.26. The Kier molecular flexibility index (Phi) is 5.33. The minimum absolute atomic E-state index is 0.262.